The van der Waals surface area contributed by atoms with Crippen molar-refractivity contribution in [2.24, 2.45) is 0 Å². The first-order chi connectivity index (χ1) is 16.2. The van der Waals surface area contributed by atoms with Crippen molar-refractivity contribution in [2.75, 3.05) is 27.4 Å². The van der Waals surface area contributed by atoms with Crippen molar-refractivity contribution in [3.8, 4) is 23.0 Å². The molecule has 7 atom stereocenters. The van der Waals surface area contributed by atoms with Crippen LogP contribution in [0.3, 0.4) is 0 Å². The second-order valence-corrected chi connectivity index (χ2v) is 7.91. The van der Waals surface area contributed by atoms with Gasteiger partial charge in [0.25, 0.3) is 0 Å². The number of phenols is 2. The summed E-state index contributed by atoms with van der Waals surface area (Å²) in [4.78, 5) is 0. The second-order valence-electron chi connectivity index (χ2n) is 7.91. The average molecular weight is 482 g/mol. The third-order valence-electron chi connectivity index (χ3n) is 5.86. The van der Waals surface area contributed by atoms with Crippen LogP contribution in [-0.2, 0) is 9.47 Å². The maximum Gasteiger partial charge on any atom is 0.187 e. The van der Waals surface area contributed by atoms with E-state index in [1.807, 2.05) is 0 Å². The Hall–Kier alpha value is -2.64. The van der Waals surface area contributed by atoms with Gasteiger partial charge < -0.3 is 54.7 Å². The minimum Gasteiger partial charge on any atom is -0.504 e. The van der Waals surface area contributed by atoms with Gasteiger partial charge in [0.05, 0.1) is 33.5 Å². The van der Waals surface area contributed by atoms with Crippen LogP contribution in [0.25, 0.3) is 0 Å². The molecule has 0 bridgehead atoms. The monoisotopic (exact) mass is 482 g/mol. The number of ether oxygens (including phenoxy) is 4. The number of aromatic hydroxyl groups is 2. The SMILES string of the molecule is COc1cc([C@@H](CO)[C@@H](O[C@H]2O[C@@H](CO)[C@@H](O)[C@@H](O)[C@@H]2O)c2ccc(O)c(OC)c2)ccc1O. The molecule has 34 heavy (non-hydrogen) atoms. The van der Waals surface area contributed by atoms with Gasteiger partial charge in [-0.1, -0.05) is 12.1 Å². The summed E-state index contributed by atoms with van der Waals surface area (Å²) in [7, 11) is 2.74. The Labute approximate surface area is 196 Å². The van der Waals surface area contributed by atoms with E-state index in [0.717, 1.165) is 0 Å². The molecule has 3 rings (SSSR count). The summed E-state index contributed by atoms with van der Waals surface area (Å²) in [6, 6.07) is 8.82. The highest BCUT2D eigenvalue weighted by Gasteiger charge is 2.45. The van der Waals surface area contributed by atoms with E-state index in [1.54, 1.807) is 6.07 Å². The number of benzene rings is 2. The summed E-state index contributed by atoms with van der Waals surface area (Å²) in [5.41, 5.74) is 0.913. The van der Waals surface area contributed by atoms with Crippen LogP contribution in [0.4, 0.5) is 0 Å². The van der Waals surface area contributed by atoms with E-state index in [9.17, 15) is 35.7 Å². The Morgan fingerprint density at radius 2 is 1.38 bits per heavy atom. The molecule has 7 N–H and O–H groups in total. The fourth-order valence-corrected chi connectivity index (χ4v) is 3.90. The van der Waals surface area contributed by atoms with Crippen LogP contribution < -0.4 is 9.47 Å². The summed E-state index contributed by atoms with van der Waals surface area (Å²) in [6.07, 6.45) is -8.63. The van der Waals surface area contributed by atoms with Gasteiger partial charge in [0.2, 0.25) is 0 Å². The lowest BCUT2D eigenvalue weighted by Crippen LogP contribution is -2.59. The van der Waals surface area contributed by atoms with Gasteiger partial charge in [0, 0.05) is 5.92 Å². The molecule has 0 amide bonds. The van der Waals surface area contributed by atoms with Crippen LogP contribution in [0, 0.1) is 0 Å². The highest BCUT2D eigenvalue weighted by Crippen LogP contribution is 2.41. The van der Waals surface area contributed by atoms with Crippen molar-refractivity contribution in [2.45, 2.75) is 42.7 Å². The Balaban J connectivity index is 2.05. The molecule has 1 aliphatic rings. The molecular weight excluding hydrogens is 452 g/mol. The van der Waals surface area contributed by atoms with Crippen molar-refractivity contribution < 1.29 is 54.7 Å². The summed E-state index contributed by atoms with van der Waals surface area (Å²) < 4.78 is 21.9. The number of aliphatic hydroxyl groups excluding tert-OH is 5. The van der Waals surface area contributed by atoms with Gasteiger partial charge in [-0.2, -0.15) is 0 Å². The lowest BCUT2D eigenvalue weighted by molar-refractivity contribution is -0.314. The molecule has 0 spiro atoms. The number of hydrogen-bond donors (Lipinski definition) is 7. The molecule has 1 fully saturated rings. The van der Waals surface area contributed by atoms with E-state index in [1.165, 1.54) is 44.6 Å². The molecule has 11 nitrogen and oxygen atoms in total. The maximum atomic E-state index is 10.5. The number of phenolic OH excluding ortho intramolecular Hbond substituents is 2. The fourth-order valence-electron chi connectivity index (χ4n) is 3.90. The van der Waals surface area contributed by atoms with Crippen molar-refractivity contribution in [1.82, 2.24) is 0 Å². The first-order valence-electron chi connectivity index (χ1n) is 10.6. The van der Waals surface area contributed by atoms with E-state index in [2.05, 4.69) is 0 Å². The first kappa shape index (κ1) is 26.0. The number of aliphatic hydroxyl groups is 5. The summed E-state index contributed by atoms with van der Waals surface area (Å²) >= 11 is 0. The molecule has 0 aromatic heterocycles. The van der Waals surface area contributed by atoms with E-state index in [0.29, 0.717) is 11.1 Å². The van der Waals surface area contributed by atoms with Crippen molar-refractivity contribution in [3.63, 3.8) is 0 Å². The third-order valence-corrected chi connectivity index (χ3v) is 5.86. The van der Waals surface area contributed by atoms with Crippen LogP contribution in [0.15, 0.2) is 36.4 Å². The molecule has 2 aromatic carbocycles. The fraction of sp³-hybridized carbons (Fsp3) is 0.478. The molecular formula is C23H30O11. The predicted molar refractivity (Wildman–Crippen MR) is 117 cm³/mol. The van der Waals surface area contributed by atoms with Gasteiger partial charge in [0.15, 0.2) is 29.3 Å². The molecule has 188 valence electrons. The first-order valence-corrected chi connectivity index (χ1v) is 10.6. The Bertz CT molecular complexity index is 951. The minimum absolute atomic E-state index is 0.111. The molecule has 0 radical (unpaired) electrons. The predicted octanol–water partition coefficient (Wildman–Crippen LogP) is -0.251. The highest BCUT2D eigenvalue weighted by atomic mass is 16.7. The molecule has 0 saturated carbocycles. The summed E-state index contributed by atoms with van der Waals surface area (Å²) in [5, 5.41) is 70.5. The van der Waals surface area contributed by atoms with E-state index >= 15 is 0 Å². The standard InChI is InChI=1S/C23H30O11/c1-31-16-7-11(3-5-14(16)26)13(9-24)22(12-4-6-15(27)17(8-12)32-2)34-23-21(30)20(29)19(28)18(10-25)33-23/h3-8,13,18-30H,9-10H2,1-2H3/t13-,18+,19-,20-,21+,22+,23-/m1/s1. The molecule has 1 aliphatic heterocycles. The highest BCUT2D eigenvalue weighted by molar-refractivity contribution is 5.46. The van der Waals surface area contributed by atoms with Crippen LogP contribution in [-0.4, -0.2) is 93.9 Å². The average Bonchev–Trinajstić information content (AvgIpc) is 2.85. The summed E-state index contributed by atoms with van der Waals surface area (Å²) in [5.74, 6) is -0.771. The van der Waals surface area contributed by atoms with Gasteiger partial charge >= 0.3 is 0 Å². The van der Waals surface area contributed by atoms with Gasteiger partial charge in [-0.3, -0.25) is 0 Å². The normalized spacial score (nSPS) is 26.6. The smallest absolute Gasteiger partial charge is 0.187 e. The van der Waals surface area contributed by atoms with Crippen LogP contribution in [0.2, 0.25) is 0 Å². The number of hydrogen-bond acceptors (Lipinski definition) is 11. The van der Waals surface area contributed by atoms with Gasteiger partial charge in [0.1, 0.15) is 24.4 Å². The van der Waals surface area contributed by atoms with E-state index < -0.39 is 55.9 Å². The Kier molecular flexibility index (Phi) is 8.55. The lowest BCUT2D eigenvalue weighted by atomic mass is 9.88. The third kappa shape index (κ3) is 5.20. The van der Waals surface area contributed by atoms with Crippen molar-refractivity contribution in [1.29, 1.82) is 0 Å². The maximum absolute atomic E-state index is 10.5. The largest absolute Gasteiger partial charge is 0.504 e. The van der Waals surface area contributed by atoms with Crippen molar-refractivity contribution >= 4 is 0 Å². The molecule has 0 aliphatic carbocycles. The van der Waals surface area contributed by atoms with Crippen LogP contribution >= 0.6 is 0 Å². The van der Waals surface area contributed by atoms with Gasteiger partial charge in [-0.05, 0) is 35.4 Å². The topological polar surface area (TPSA) is 179 Å². The minimum atomic E-state index is -1.67. The van der Waals surface area contributed by atoms with E-state index in [-0.39, 0.29) is 23.0 Å². The van der Waals surface area contributed by atoms with Crippen LogP contribution in [0.1, 0.15) is 23.1 Å². The number of rotatable bonds is 9. The molecule has 1 saturated heterocycles. The lowest BCUT2D eigenvalue weighted by Gasteiger charge is -2.42. The van der Waals surface area contributed by atoms with Gasteiger partial charge in [-0.15, -0.1) is 0 Å². The zero-order chi connectivity index (χ0) is 25.0. The second kappa shape index (κ2) is 11.2. The zero-order valence-electron chi connectivity index (χ0n) is 18.7. The molecule has 0 unspecified atom stereocenters. The van der Waals surface area contributed by atoms with Crippen molar-refractivity contribution in [3.05, 3.63) is 47.5 Å². The van der Waals surface area contributed by atoms with Gasteiger partial charge in [-0.25, -0.2) is 0 Å². The molecule has 1 heterocycles. The quantitative estimate of drug-likeness (QED) is 0.251. The summed E-state index contributed by atoms with van der Waals surface area (Å²) in [6.45, 7) is -1.10. The molecule has 11 heteroatoms. The Morgan fingerprint density at radius 3 is 1.91 bits per heavy atom. The number of methoxy groups -OCH3 is 2. The van der Waals surface area contributed by atoms with Crippen LogP contribution in [0.5, 0.6) is 23.0 Å². The van der Waals surface area contributed by atoms with E-state index in [4.69, 9.17) is 18.9 Å². The molecule has 2 aromatic rings. The zero-order valence-corrected chi connectivity index (χ0v) is 18.7. The Morgan fingerprint density at radius 1 is 0.824 bits per heavy atom.